The van der Waals surface area contributed by atoms with Crippen LogP contribution in [0.2, 0.25) is 0 Å². The Labute approximate surface area is 359 Å². The molecule has 336 valence electrons. The number of aliphatic hydroxyl groups excluding tert-OH is 1. The molecule has 0 aromatic heterocycles. The Kier molecular flexibility index (Phi) is 14.5. The Morgan fingerprint density at radius 1 is 1.07 bits per heavy atom. The Bertz CT molecular complexity index is 1860. The highest BCUT2D eigenvalue weighted by molar-refractivity contribution is 6.01. The number of ketones is 1. The largest absolute Gasteiger partial charge is 0.466 e. The van der Waals surface area contributed by atoms with Gasteiger partial charge >= 0.3 is 5.97 Å². The van der Waals surface area contributed by atoms with Crippen LogP contribution in [0.15, 0.2) is 66.3 Å². The van der Waals surface area contributed by atoms with Gasteiger partial charge in [-0.3, -0.25) is 19.2 Å². The average Bonchev–Trinajstić information content (AvgIpc) is 3.65. The molecule has 14 heteroatoms. The van der Waals surface area contributed by atoms with Crippen LogP contribution in [0.3, 0.4) is 0 Å². The third kappa shape index (κ3) is 9.04. The molecule has 0 bridgehead atoms. The summed E-state index contributed by atoms with van der Waals surface area (Å²) in [5.74, 6) is -2.58. The SMILES string of the molecule is COC(=O)/C=C/C[C@@]1(CC(C)C)C[C@H](CNC(=O)COCCOCCNC(=O)[C@@]2(O)[C@H](C)C[C@H]3[C@@H]4CCC5=CC(=O)C=C[C@]5(C)[C@@]4(F)[C@@H](O)C[C@@]32C)ON1Cc1ccccc1. The van der Waals surface area contributed by atoms with Crippen LogP contribution in [0.1, 0.15) is 85.1 Å². The third-order valence-corrected chi connectivity index (χ3v) is 14.6. The van der Waals surface area contributed by atoms with E-state index >= 15 is 4.39 Å². The fourth-order valence-electron chi connectivity index (χ4n) is 11.6. The lowest BCUT2D eigenvalue weighted by Crippen LogP contribution is -2.70. The second-order valence-electron chi connectivity index (χ2n) is 18.8. The van der Waals surface area contributed by atoms with Gasteiger partial charge in [-0.2, -0.15) is 5.06 Å². The molecule has 4 aliphatic carbocycles. The van der Waals surface area contributed by atoms with Gasteiger partial charge in [0.05, 0.1) is 44.7 Å². The fourth-order valence-corrected chi connectivity index (χ4v) is 11.6. The molecule has 61 heavy (non-hydrogen) atoms. The number of allylic oxidation sites excluding steroid dienone is 4. The van der Waals surface area contributed by atoms with E-state index < -0.39 is 57.5 Å². The zero-order valence-corrected chi connectivity index (χ0v) is 36.6. The molecule has 4 fully saturated rings. The second-order valence-corrected chi connectivity index (χ2v) is 18.8. The standard InChI is InChI=1S/C47H66FN3O10/c1-31(2)25-45(17-10-13-41(55)58-6)26-36(61-51(45)29-33-11-8-7-9-12-33)28-50-40(54)30-60-22-21-59-20-19-49-42(56)47(57)32(3)23-38-37-15-14-34-24-35(52)16-18-43(34,4)46(37,48)39(53)27-44(38,47)5/h7-13,16,18,24,31-32,36-39,53,57H,14-15,17,19-23,25-30H2,1-6H3,(H,49,56)(H,50,54)/b13-10+/t32-,36-,37+,38+,39+,43+,44+,45-,46+,47+/m1/s1. The smallest absolute Gasteiger partial charge is 0.330 e. The summed E-state index contributed by atoms with van der Waals surface area (Å²) in [5.41, 5.74) is -4.75. The summed E-state index contributed by atoms with van der Waals surface area (Å²) in [4.78, 5) is 57.1. The van der Waals surface area contributed by atoms with Gasteiger partial charge in [-0.1, -0.05) is 75.8 Å². The first-order chi connectivity index (χ1) is 28.9. The lowest BCUT2D eigenvalue weighted by Gasteiger charge is -2.62. The monoisotopic (exact) mass is 851 g/mol. The van der Waals surface area contributed by atoms with E-state index in [1.165, 1.54) is 25.3 Å². The summed E-state index contributed by atoms with van der Waals surface area (Å²) in [6, 6.07) is 10.0. The summed E-state index contributed by atoms with van der Waals surface area (Å²) < 4.78 is 33.5. The number of ether oxygens (including phenoxy) is 3. The summed E-state index contributed by atoms with van der Waals surface area (Å²) in [6.45, 7) is 10.9. The number of nitrogens with zero attached hydrogens (tertiary/aromatic N) is 1. The van der Waals surface area contributed by atoms with Crippen LogP contribution in [-0.2, 0) is 44.8 Å². The number of methoxy groups -OCH3 is 1. The first kappa shape index (κ1) is 46.7. The van der Waals surface area contributed by atoms with Crippen LogP contribution in [0.5, 0.6) is 0 Å². The number of hydrogen-bond donors (Lipinski definition) is 4. The quantitative estimate of drug-likeness (QED) is 0.0916. The number of carbonyl (C=O) groups is 4. The van der Waals surface area contributed by atoms with Crippen LogP contribution in [0, 0.1) is 34.5 Å². The number of halogens is 1. The number of esters is 1. The van der Waals surface area contributed by atoms with Crippen molar-refractivity contribution in [3.63, 3.8) is 0 Å². The van der Waals surface area contributed by atoms with Gasteiger partial charge in [-0.05, 0) is 87.3 Å². The van der Waals surface area contributed by atoms with E-state index in [9.17, 15) is 29.4 Å². The van der Waals surface area contributed by atoms with Crippen molar-refractivity contribution in [3.8, 4) is 0 Å². The topological polar surface area (TPSA) is 173 Å². The van der Waals surface area contributed by atoms with Crippen molar-refractivity contribution in [2.45, 2.75) is 115 Å². The molecule has 0 radical (unpaired) electrons. The maximum absolute atomic E-state index is 17.5. The fraction of sp³-hybridized carbons (Fsp3) is 0.660. The molecule has 4 N–H and O–H groups in total. The number of alkyl halides is 1. The van der Waals surface area contributed by atoms with Crippen molar-refractivity contribution in [2.75, 3.05) is 46.6 Å². The molecule has 1 heterocycles. The molecule has 10 atom stereocenters. The molecule has 1 aliphatic heterocycles. The van der Waals surface area contributed by atoms with E-state index in [0.717, 1.165) is 12.0 Å². The molecule has 1 saturated heterocycles. The molecular formula is C47H66FN3O10. The number of amides is 2. The van der Waals surface area contributed by atoms with E-state index in [2.05, 4.69) is 24.5 Å². The third-order valence-electron chi connectivity index (χ3n) is 14.6. The molecule has 13 nitrogen and oxygen atoms in total. The first-order valence-electron chi connectivity index (χ1n) is 21.9. The highest BCUT2D eigenvalue weighted by Crippen LogP contribution is 2.70. The van der Waals surface area contributed by atoms with Gasteiger partial charge in [0.15, 0.2) is 17.1 Å². The number of nitrogens with one attached hydrogen (secondary N) is 2. The summed E-state index contributed by atoms with van der Waals surface area (Å²) in [5, 5.41) is 31.5. The minimum absolute atomic E-state index is 0.0968. The number of hydrogen-bond acceptors (Lipinski definition) is 11. The van der Waals surface area contributed by atoms with Crippen LogP contribution < -0.4 is 10.6 Å². The average molecular weight is 852 g/mol. The molecule has 5 aliphatic rings. The highest BCUT2D eigenvalue weighted by atomic mass is 19.1. The second kappa shape index (κ2) is 18.9. The van der Waals surface area contributed by atoms with Crippen LogP contribution in [-0.4, -0.2) is 114 Å². The zero-order valence-electron chi connectivity index (χ0n) is 36.6. The molecule has 3 saturated carbocycles. The summed E-state index contributed by atoms with van der Waals surface area (Å²) in [7, 11) is 1.35. The predicted molar refractivity (Wildman–Crippen MR) is 225 cm³/mol. The van der Waals surface area contributed by atoms with E-state index in [0.29, 0.717) is 50.1 Å². The van der Waals surface area contributed by atoms with Gasteiger partial charge in [0.1, 0.15) is 6.61 Å². The normalized spacial score (nSPS) is 35.7. The molecular weight excluding hydrogens is 786 g/mol. The highest BCUT2D eigenvalue weighted by Gasteiger charge is 2.75. The van der Waals surface area contributed by atoms with Crippen molar-refractivity contribution >= 4 is 23.6 Å². The van der Waals surface area contributed by atoms with Gasteiger partial charge in [0.2, 0.25) is 5.91 Å². The van der Waals surface area contributed by atoms with Gasteiger partial charge in [-0.15, -0.1) is 0 Å². The van der Waals surface area contributed by atoms with Crippen LogP contribution >= 0.6 is 0 Å². The van der Waals surface area contributed by atoms with Gasteiger partial charge < -0.3 is 35.1 Å². The molecule has 1 aromatic carbocycles. The molecule has 1 aromatic rings. The minimum Gasteiger partial charge on any atom is -0.466 e. The lowest BCUT2D eigenvalue weighted by molar-refractivity contribution is -0.219. The van der Waals surface area contributed by atoms with Gasteiger partial charge in [0, 0.05) is 42.5 Å². The number of rotatable bonds is 18. The minimum atomic E-state index is -2.04. The zero-order chi connectivity index (χ0) is 44.2. The molecule has 0 spiro atoms. The van der Waals surface area contributed by atoms with E-state index in [-0.39, 0.29) is 69.7 Å². The lowest BCUT2D eigenvalue weighted by atomic mass is 9.44. The number of benzene rings is 1. The number of aliphatic hydroxyl groups is 2. The maximum Gasteiger partial charge on any atom is 0.330 e. The van der Waals surface area contributed by atoms with Gasteiger partial charge in [0.25, 0.3) is 5.91 Å². The Morgan fingerprint density at radius 3 is 2.52 bits per heavy atom. The van der Waals surface area contributed by atoms with Crippen LogP contribution in [0.4, 0.5) is 4.39 Å². The maximum atomic E-state index is 17.5. The van der Waals surface area contributed by atoms with Crippen LogP contribution in [0.25, 0.3) is 0 Å². The van der Waals surface area contributed by atoms with Crippen molar-refractivity contribution < 1.29 is 52.8 Å². The first-order valence-corrected chi connectivity index (χ1v) is 21.9. The van der Waals surface area contributed by atoms with E-state index in [1.54, 1.807) is 19.9 Å². The van der Waals surface area contributed by atoms with Gasteiger partial charge in [-0.25, -0.2) is 9.18 Å². The number of fused-ring (bicyclic) bond motifs is 5. The van der Waals surface area contributed by atoms with Crippen molar-refractivity contribution in [3.05, 3.63) is 71.8 Å². The Hall–Kier alpha value is -3.79. The van der Waals surface area contributed by atoms with E-state index in [1.807, 2.05) is 48.4 Å². The molecule has 2 amide bonds. The molecule has 6 rings (SSSR count). The number of carbonyl (C=O) groups excluding carboxylic acids is 4. The van der Waals surface area contributed by atoms with Crippen molar-refractivity contribution in [1.82, 2.24) is 15.7 Å². The number of hydroxylamine groups is 2. The summed E-state index contributed by atoms with van der Waals surface area (Å²) in [6.07, 6.45) is 9.29. The Balaban J connectivity index is 0.935. The van der Waals surface area contributed by atoms with E-state index in [4.69, 9.17) is 19.0 Å². The Morgan fingerprint density at radius 2 is 1.80 bits per heavy atom. The summed E-state index contributed by atoms with van der Waals surface area (Å²) >= 11 is 0. The van der Waals surface area contributed by atoms with Crippen molar-refractivity contribution in [1.29, 1.82) is 0 Å². The predicted octanol–water partition coefficient (Wildman–Crippen LogP) is 4.71. The van der Waals surface area contributed by atoms with Crippen molar-refractivity contribution in [2.24, 2.45) is 34.5 Å². The molecule has 0 unspecified atom stereocenters.